The minimum atomic E-state index is -3.83. The summed E-state index contributed by atoms with van der Waals surface area (Å²) in [7, 11) is -3.83. The third-order valence-corrected chi connectivity index (χ3v) is 4.46. The van der Waals surface area contributed by atoms with Crippen LogP contribution in [0, 0.1) is 12.3 Å². The maximum Gasteiger partial charge on any atom is 0.326 e. The second kappa shape index (κ2) is 7.09. The summed E-state index contributed by atoms with van der Waals surface area (Å²) in [6, 6.07) is 13.3. The van der Waals surface area contributed by atoms with Gasteiger partial charge >= 0.3 is 5.97 Å². The molecule has 0 aliphatic heterocycles. The van der Waals surface area contributed by atoms with Crippen LogP contribution in [-0.2, 0) is 20.6 Å². The van der Waals surface area contributed by atoms with E-state index < -0.39 is 22.0 Å². The fourth-order valence-electron chi connectivity index (χ4n) is 2.04. The van der Waals surface area contributed by atoms with Crippen molar-refractivity contribution in [1.82, 2.24) is 4.72 Å². The van der Waals surface area contributed by atoms with E-state index in [1.165, 1.54) is 0 Å². The molecule has 0 unspecified atom stereocenters. The monoisotopic (exact) mass is 329 g/mol. The maximum atomic E-state index is 12.2. The zero-order chi connectivity index (χ0) is 16.9. The first-order valence-corrected chi connectivity index (χ1v) is 8.40. The fraction of sp³-hybridized carbons (Fsp3) is 0.118. The SMILES string of the molecule is C#Cc1ccc(CS(=O)(=O)N[C@H](C(=O)O)c2ccccc2)cc1. The van der Waals surface area contributed by atoms with Gasteiger partial charge in [-0.05, 0) is 23.3 Å². The Morgan fingerprint density at radius 1 is 1.13 bits per heavy atom. The van der Waals surface area contributed by atoms with E-state index in [2.05, 4.69) is 10.6 Å². The highest BCUT2D eigenvalue weighted by atomic mass is 32.2. The summed E-state index contributed by atoms with van der Waals surface area (Å²) in [5, 5.41) is 9.28. The minimum Gasteiger partial charge on any atom is -0.480 e. The molecule has 2 aromatic carbocycles. The van der Waals surface area contributed by atoms with Crippen molar-refractivity contribution in [3.63, 3.8) is 0 Å². The van der Waals surface area contributed by atoms with Crippen molar-refractivity contribution in [2.45, 2.75) is 11.8 Å². The van der Waals surface area contributed by atoms with Gasteiger partial charge in [-0.2, -0.15) is 4.72 Å². The van der Waals surface area contributed by atoms with Crippen molar-refractivity contribution in [2.24, 2.45) is 0 Å². The van der Waals surface area contributed by atoms with Crippen molar-refractivity contribution in [3.05, 3.63) is 71.3 Å². The van der Waals surface area contributed by atoms with E-state index >= 15 is 0 Å². The van der Waals surface area contributed by atoms with Gasteiger partial charge in [-0.25, -0.2) is 8.42 Å². The Morgan fingerprint density at radius 3 is 2.26 bits per heavy atom. The first kappa shape index (κ1) is 16.7. The number of carboxylic acid groups (broad SMARTS) is 1. The second-order valence-corrected chi connectivity index (χ2v) is 6.65. The van der Waals surface area contributed by atoms with Gasteiger partial charge in [0.15, 0.2) is 0 Å². The van der Waals surface area contributed by atoms with Crippen LogP contribution in [0.1, 0.15) is 22.7 Å². The predicted octanol–water partition coefficient (Wildman–Crippen LogP) is 1.91. The van der Waals surface area contributed by atoms with Crippen LogP contribution in [0.4, 0.5) is 0 Å². The summed E-state index contributed by atoms with van der Waals surface area (Å²) in [4.78, 5) is 11.4. The van der Waals surface area contributed by atoms with Gasteiger partial charge in [-0.15, -0.1) is 6.42 Å². The number of rotatable bonds is 6. The normalized spacial score (nSPS) is 12.3. The summed E-state index contributed by atoms with van der Waals surface area (Å²) in [6.07, 6.45) is 5.24. The molecule has 0 heterocycles. The van der Waals surface area contributed by atoms with Crippen LogP contribution in [-0.4, -0.2) is 19.5 Å². The summed E-state index contributed by atoms with van der Waals surface area (Å²) >= 11 is 0. The number of carboxylic acids is 1. The van der Waals surface area contributed by atoms with Crippen LogP contribution in [0.15, 0.2) is 54.6 Å². The molecule has 0 amide bonds. The third kappa shape index (κ3) is 4.68. The van der Waals surface area contributed by atoms with Gasteiger partial charge in [0.25, 0.3) is 0 Å². The molecule has 0 saturated carbocycles. The first-order chi connectivity index (χ1) is 10.9. The molecule has 0 aliphatic carbocycles. The number of aliphatic carboxylic acids is 1. The van der Waals surface area contributed by atoms with Crippen LogP contribution in [0.5, 0.6) is 0 Å². The molecule has 2 rings (SSSR count). The molecule has 0 spiro atoms. The van der Waals surface area contributed by atoms with Crippen LogP contribution < -0.4 is 4.72 Å². The van der Waals surface area contributed by atoms with E-state index in [0.717, 1.165) is 0 Å². The largest absolute Gasteiger partial charge is 0.480 e. The van der Waals surface area contributed by atoms with Crippen molar-refractivity contribution >= 4 is 16.0 Å². The van der Waals surface area contributed by atoms with Crippen molar-refractivity contribution in [3.8, 4) is 12.3 Å². The maximum absolute atomic E-state index is 12.2. The highest BCUT2D eigenvalue weighted by Crippen LogP contribution is 2.16. The number of sulfonamides is 1. The van der Waals surface area contributed by atoms with Crippen LogP contribution in [0.2, 0.25) is 0 Å². The van der Waals surface area contributed by atoms with Crippen LogP contribution in [0.25, 0.3) is 0 Å². The topological polar surface area (TPSA) is 83.5 Å². The summed E-state index contributed by atoms with van der Waals surface area (Å²) in [5.74, 6) is 0.856. The highest BCUT2D eigenvalue weighted by Gasteiger charge is 2.25. The molecule has 23 heavy (non-hydrogen) atoms. The summed E-state index contributed by atoms with van der Waals surface area (Å²) in [5.41, 5.74) is 1.53. The molecule has 0 saturated heterocycles. The van der Waals surface area contributed by atoms with Crippen LogP contribution in [0.3, 0.4) is 0 Å². The fourth-order valence-corrected chi connectivity index (χ4v) is 3.35. The van der Waals surface area contributed by atoms with Crippen molar-refractivity contribution in [2.75, 3.05) is 0 Å². The van der Waals surface area contributed by atoms with Crippen LogP contribution >= 0.6 is 0 Å². The quantitative estimate of drug-likeness (QED) is 0.793. The molecular formula is C17H15NO4S. The van der Waals surface area contributed by atoms with E-state index in [1.54, 1.807) is 54.6 Å². The van der Waals surface area contributed by atoms with Gasteiger partial charge < -0.3 is 5.11 Å². The number of nitrogens with one attached hydrogen (secondary N) is 1. The Morgan fingerprint density at radius 2 is 1.74 bits per heavy atom. The minimum absolute atomic E-state index is 0.325. The lowest BCUT2D eigenvalue weighted by molar-refractivity contribution is -0.139. The van der Waals surface area contributed by atoms with E-state index in [9.17, 15) is 18.3 Å². The highest BCUT2D eigenvalue weighted by molar-refractivity contribution is 7.88. The van der Waals surface area contributed by atoms with Gasteiger partial charge in [-0.1, -0.05) is 48.4 Å². The lowest BCUT2D eigenvalue weighted by Crippen LogP contribution is -2.34. The molecule has 118 valence electrons. The van der Waals surface area contributed by atoms with E-state index in [1.807, 2.05) is 0 Å². The summed E-state index contributed by atoms with van der Waals surface area (Å²) < 4.78 is 26.7. The van der Waals surface area contributed by atoms with E-state index in [0.29, 0.717) is 16.7 Å². The Hall–Kier alpha value is -2.62. The molecule has 0 fully saturated rings. The van der Waals surface area contributed by atoms with Gasteiger partial charge in [0.05, 0.1) is 5.75 Å². The average molecular weight is 329 g/mol. The molecule has 0 radical (unpaired) electrons. The molecular weight excluding hydrogens is 314 g/mol. The Labute approximate surface area is 135 Å². The molecule has 0 aliphatic rings. The Balaban J connectivity index is 2.18. The average Bonchev–Trinajstić information content (AvgIpc) is 2.53. The Bertz CT molecular complexity index is 821. The first-order valence-electron chi connectivity index (χ1n) is 6.74. The molecule has 0 aromatic heterocycles. The number of hydrogen-bond acceptors (Lipinski definition) is 3. The molecule has 2 aromatic rings. The molecule has 6 heteroatoms. The second-order valence-electron chi connectivity index (χ2n) is 4.90. The lowest BCUT2D eigenvalue weighted by Gasteiger charge is -2.15. The standard InChI is InChI=1S/C17H15NO4S/c1-2-13-8-10-14(11-9-13)12-23(21,22)18-16(17(19)20)15-6-4-3-5-7-15/h1,3-11,16,18H,12H2,(H,19,20)/t16-/m0/s1. The number of terminal acetylenes is 1. The van der Waals surface area contributed by atoms with E-state index in [-0.39, 0.29) is 5.75 Å². The summed E-state index contributed by atoms with van der Waals surface area (Å²) in [6.45, 7) is 0. The zero-order valence-corrected chi connectivity index (χ0v) is 13.0. The Kier molecular flexibility index (Phi) is 5.16. The third-order valence-electron chi connectivity index (χ3n) is 3.15. The molecule has 2 N–H and O–H groups in total. The number of carbonyl (C=O) groups is 1. The van der Waals surface area contributed by atoms with E-state index in [4.69, 9.17) is 6.42 Å². The van der Waals surface area contributed by atoms with Crippen molar-refractivity contribution in [1.29, 1.82) is 0 Å². The van der Waals surface area contributed by atoms with Crippen molar-refractivity contribution < 1.29 is 18.3 Å². The molecule has 0 bridgehead atoms. The van der Waals surface area contributed by atoms with Gasteiger partial charge in [0, 0.05) is 5.56 Å². The predicted molar refractivity (Wildman–Crippen MR) is 87.0 cm³/mol. The number of benzene rings is 2. The molecule has 1 atom stereocenters. The smallest absolute Gasteiger partial charge is 0.326 e. The van der Waals surface area contributed by atoms with Gasteiger partial charge in [-0.3, -0.25) is 4.79 Å². The number of hydrogen-bond donors (Lipinski definition) is 2. The van der Waals surface area contributed by atoms with Gasteiger partial charge in [0.1, 0.15) is 6.04 Å². The zero-order valence-electron chi connectivity index (χ0n) is 12.1. The lowest BCUT2D eigenvalue weighted by atomic mass is 10.1. The molecule has 5 nitrogen and oxygen atoms in total. The van der Waals surface area contributed by atoms with Gasteiger partial charge in [0.2, 0.25) is 10.0 Å².